The molecule has 2 rings (SSSR count). The molecule has 0 atom stereocenters. The molecule has 2 N–H and O–H groups in total. The van der Waals surface area contributed by atoms with Crippen molar-refractivity contribution in [1.82, 2.24) is 0 Å². The minimum absolute atomic E-state index is 0.0284. The lowest BCUT2D eigenvalue weighted by Crippen LogP contribution is -1.87. The fraction of sp³-hybridized carbons (Fsp3) is 0.200. The zero-order chi connectivity index (χ0) is 22.8. The molecule has 0 unspecified atom stereocenters. The lowest BCUT2D eigenvalue weighted by molar-refractivity contribution is -0.385. The third-order valence-electron chi connectivity index (χ3n) is 2.39. The van der Waals surface area contributed by atoms with E-state index in [4.69, 9.17) is 8.22 Å². The second kappa shape index (κ2) is 11.3. The summed E-state index contributed by atoms with van der Waals surface area (Å²) < 4.78 is 40.0. The number of aryl methyl sites for hydroxylation is 1. The first-order chi connectivity index (χ1) is 13.1. The molecule has 2 aromatic carbocycles. The second-order valence-corrected chi connectivity index (χ2v) is 4.75. The number of nitrogens with zero attached hydrogens (tertiary/aromatic N) is 2. The molecular formula is C15H18BrN3O4. The Kier molecular flexibility index (Phi) is 5.95. The first-order valence-electron chi connectivity index (χ1n) is 9.01. The molecule has 0 fully saturated rings. The van der Waals surface area contributed by atoms with Gasteiger partial charge in [0.1, 0.15) is 0 Å². The molecule has 124 valence electrons. The van der Waals surface area contributed by atoms with Gasteiger partial charge in [0.2, 0.25) is 0 Å². The highest BCUT2D eigenvalue weighted by molar-refractivity contribution is 9.10. The van der Waals surface area contributed by atoms with Crippen molar-refractivity contribution in [2.45, 2.75) is 13.3 Å². The van der Waals surface area contributed by atoms with E-state index in [1.54, 1.807) is 12.1 Å². The van der Waals surface area contributed by atoms with E-state index in [0.29, 0.717) is 5.56 Å². The molecule has 0 aliphatic rings. The average Bonchev–Trinajstić information content (AvgIpc) is 2.53. The Morgan fingerprint density at radius 2 is 1.39 bits per heavy atom. The highest BCUT2D eigenvalue weighted by Crippen LogP contribution is 2.15. The van der Waals surface area contributed by atoms with E-state index >= 15 is 0 Å². The predicted octanol–water partition coefficient (Wildman–Crippen LogP) is 4.09. The van der Waals surface area contributed by atoms with Gasteiger partial charge in [0.15, 0.2) is 0 Å². The SMILES string of the molecule is O=[N+]([O-])c1ccc(Br)cc1.[2H]C([2H])([2H])Cc1ccc([N+](=O)[O-])cc1.[2H]C([2H])([2H])N. The number of rotatable bonds is 3. The van der Waals surface area contributed by atoms with Crippen LogP contribution < -0.4 is 5.73 Å². The van der Waals surface area contributed by atoms with Crippen LogP contribution in [0, 0.1) is 20.2 Å². The van der Waals surface area contributed by atoms with Gasteiger partial charge in [-0.2, -0.15) is 0 Å². The fourth-order valence-electron chi connectivity index (χ4n) is 1.30. The van der Waals surface area contributed by atoms with Gasteiger partial charge in [0, 0.05) is 37.0 Å². The summed E-state index contributed by atoms with van der Waals surface area (Å²) in [6, 6.07) is 11.7. The molecule has 7 nitrogen and oxygen atoms in total. The van der Waals surface area contributed by atoms with Gasteiger partial charge in [-0.15, -0.1) is 0 Å². The van der Waals surface area contributed by atoms with Crippen molar-refractivity contribution < 1.29 is 18.1 Å². The summed E-state index contributed by atoms with van der Waals surface area (Å²) in [4.78, 5) is 19.5. The Balaban J connectivity index is 0.000000455. The number of hydrogen-bond acceptors (Lipinski definition) is 5. The monoisotopic (exact) mass is 389 g/mol. The van der Waals surface area contributed by atoms with E-state index in [2.05, 4.69) is 21.7 Å². The second-order valence-electron chi connectivity index (χ2n) is 3.83. The van der Waals surface area contributed by atoms with E-state index in [9.17, 15) is 20.2 Å². The minimum Gasteiger partial charge on any atom is -0.333 e. The molecule has 2 aromatic rings. The standard InChI is InChI=1S/C8H9NO2.C6H4BrNO2.CH5N/c1-2-7-3-5-8(6-4-7)9(10)11;7-5-1-3-6(4-2-5)8(9)10;1-2/h3-6H,2H2,1H3;1-4H;2H2,1H3/i1D3;;1D3. The maximum absolute atomic E-state index is 10.3. The molecule has 0 radical (unpaired) electrons. The van der Waals surface area contributed by atoms with Crippen molar-refractivity contribution in [2.24, 2.45) is 5.73 Å². The summed E-state index contributed by atoms with van der Waals surface area (Å²) in [5.41, 5.74) is 5.02. The van der Waals surface area contributed by atoms with Crippen LogP contribution in [-0.4, -0.2) is 16.8 Å². The first kappa shape index (κ1) is 12.1. The van der Waals surface area contributed by atoms with Gasteiger partial charge in [0.05, 0.1) is 9.85 Å². The normalized spacial score (nSPS) is 13.8. The number of non-ortho nitro benzene ring substituents is 2. The number of benzene rings is 2. The highest BCUT2D eigenvalue weighted by Gasteiger charge is 2.02. The van der Waals surface area contributed by atoms with Crippen molar-refractivity contribution >= 4 is 27.3 Å². The summed E-state index contributed by atoms with van der Waals surface area (Å²) in [5.74, 6) is 0. The smallest absolute Gasteiger partial charge is 0.269 e. The molecule has 0 aliphatic carbocycles. The Morgan fingerprint density at radius 1 is 1.00 bits per heavy atom. The molecule has 0 bridgehead atoms. The van der Waals surface area contributed by atoms with Crippen LogP contribution in [0.4, 0.5) is 11.4 Å². The summed E-state index contributed by atoms with van der Waals surface area (Å²) in [6.07, 6.45) is -0.0645. The van der Waals surface area contributed by atoms with Crippen molar-refractivity contribution in [2.75, 3.05) is 6.98 Å². The lowest BCUT2D eigenvalue weighted by Gasteiger charge is -1.93. The third kappa shape index (κ3) is 8.03. The van der Waals surface area contributed by atoms with Gasteiger partial charge >= 0.3 is 0 Å². The van der Waals surface area contributed by atoms with E-state index < -0.39 is 23.7 Å². The van der Waals surface area contributed by atoms with Crippen LogP contribution in [-0.2, 0) is 6.42 Å². The summed E-state index contributed by atoms with van der Waals surface area (Å²) in [7, 11) is 0. The van der Waals surface area contributed by atoms with Gasteiger partial charge in [-0.25, -0.2) is 0 Å². The fourth-order valence-corrected chi connectivity index (χ4v) is 1.56. The molecule has 0 amide bonds. The van der Waals surface area contributed by atoms with Crippen LogP contribution in [0.25, 0.3) is 0 Å². The van der Waals surface area contributed by atoms with Crippen LogP contribution in [0.15, 0.2) is 53.0 Å². The predicted molar refractivity (Wildman–Crippen MR) is 93.4 cm³/mol. The Morgan fingerprint density at radius 3 is 1.74 bits per heavy atom. The zero-order valence-corrected chi connectivity index (χ0v) is 13.4. The molecule has 0 aromatic heterocycles. The average molecular weight is 390 g/mol. The molecule has 8 heteroatoms. The lowest BCUT2D eigenvalue weighted by atomic mass is 10.2. The number of hydrogen-bond donors (Lipinski definition) is 1. The van der Waals surface area contributed by atoms with Crippen LogP contribution in [0.5, 0.6) is 0 Å². The van der Waals surface area contributed by atoms with Crippen molar-refractivity contribution in [3.05, 3.63) is 78.8 Å². The van der Waals surface area contributed by atoms with Gasteiger partial charge in [0.25, 0.3) is 11.4 Å². The maximum Gasteiger partial charge on any atom is 0.269 e. The Hall–Kier alpha value is -2.32. The summed E-state index contributed by atoms with van der Waals surface area (Å²) in [6.45, 7) is -4.28. The summed E-state index contributed by atoms with van der Waals surface area (Å²) in [5, 5.41) is 20.4. The van der Waals surface area contributed by atoms with Crippen LogP contribution in [0.2, 0.25) is 0 Å². The van der Waals surface area contributed by atoms with Gasteiger partial charge in [-0.05, 0) is 31.1 Å². The highest BCUT2D eigenvalue weighted by atomic mass is 79.9. The Bertz CT molecular complexity index is 790. The maximum atomic E-state index is 10.3. The van der Waals surface area contributed by atoms with Crippen molar-refractivity contribution in [3.8, 4) is 0 Å². The van der Waals surface area contributed by atoms with E-state index in [1.165, 1.54) is 36.4 Å². The molecule has 23 heavy (non-hydrogen) atoms. The van der Waals surface area contributed by atoms with Gasteiger partial charge < -0.3 is 5.73 Å². The Labute approximate surface area is 151 Å². The molecule has 0 aliphatic heterocycles. The zero-order valence-electron chi connectivity index (χ0n) is 17.8. The van der Waals surface area contributed by atoms with E-state index in [0.717, 1.165) is 4.47 Å². The summed E-state index contributed by atoms with van der Waals surface area (Å²) >= 11 is 3.17. The minimum atomic E-state index is -2.25. The molecule has 0 heterocycles. The first-order valence-corrected chi connectivity index (χ1v) is 6.80. The van der Waals surface area contributed by atoms with E-state index in [1.807, 2.05) is 0 Å². The molecule has 0 saturated heterocycles. The molecule has 0 saturated carbocycles. The van der Waals surface area contributed by atoms with Crippen LogP contribution in [0.3, 0.4) is 0 Å². The van der Waals surface area contributed by atoms with Gasteiger partial charge in [-0.1, -0.05) is 34.9 Å². The number of nitro groups is 2. The molecule has 0 spiro atoms. The van der Waals surface area contributed by atoms with Crippen molar-refractivity contribution in [3.63, 3.8) is 0 Å². The topological polar surface area (TPSA) is 112 Å². The molecular weight excluding hydrogens is 366 g/mol. The van der Waals surface area contributed by atoms with Gasteiger partial charge in [-0.3, -0.25) is 20.2 Å². The van der Waals surface area contributed by atoms with Crippen LogP contribution in [0.1, 0.15) is 20.6 Å². The number of halogens is 1. The largest absolute Gasteiger partial charge is 0.333 e. The number of nitro benzene ring substituents is 2. The van der Waals surface area contributed by atoms with Crippen LogP contribution >= 0.6 is 15.9 Å². The number of nitrogens with two attached hydrogens (primary N) is 1. The quantitative estimate of drug-likeness (QED) is 0.627. The van der Waals surface area contributed by atoms with E-state index in [-0.39, 0.29) is 17.8 Å². The van der Waals surface area contributed by atoms with Crippen molar-refractivity contribution in [1.29, 1.82) is 0 Å². The third-order valence-corrected chi connectivity index (χ3v) is 2.92.